The highest BCUT2D eigenvalue weighted by Gasteiger charge is 2.14. The third-order valence-corrected chi connectivity index (χ3v) is 3.83. The lowest BCUT2D eigenvalue weighted by Crippen LogP contribution is -2.37. The first-order valence-electron chi connectivity index (χ1n) is 5.59. The molecule has 2 atom stereocenters. The van der Waals surface area contributed by atoms with Crippen LogP contribution < -0.4 is 10.1 Å². The lowest BCUT2D eigenvalue weighted by molar-refractivity contribution is 0.0931. The molecule has 0 aliphatic heterocycles. The minimum atomic E-state index is -0.0482. The van der Waals surface area contributed by atoms with E-state index in [1.807, 2.05) is 6.92 Å². The molecule has 3 nitrogen and oxygen atoms in total. The molecule has 2 unspecified atom stereocenters. The summed E-state index contributed by atoms with van der Waals surface area (Å²) in [6.07, 6.45) is 0. The van der Waals surface area contributed by atoms with Gasteiger partial charge in [0, 0.05) is 16.9 Å². The molecular weight excluding hydrogens is 282 g/mol. The second-order valence-electron chi connectivity index (χ2n) is 4.12. The average Bonchev–Trinajstić information content (AvgIpc) is 2.37. The highest BCUT2D eigenvalue weighted by atomic mass is 79.9. The van der Waals surface area contributed by atoms with Crippen molar-refractivity contribution in [1.82, 2.24) is 5.32 Å². The molecule has 0 heterocycles. The van der Waals surface area contributed by atoms with Gasteiger partial charge in [-0.05, 0) is 37.1 Å². The van der Waals surface area contributed by atoms with Gasteiger partial charge in [-0.2, -0.15) is 0 Å². The van der Waals surface area contributed by atoms with E-state index in [9.17, 15) is 4.79 Å². The number of rotatable bonds is 5. The van der Waals surface area contributed by atoms with E-state index in [1.165, 1.54) is 0 Å². The molecule has 94 valence electrons. The lowest BCUT2D eigenvalue weighted by atomic mass is 10.1. The van der Waals surface area contributed by atoms with Gasteiger partial charge in [-0.15, -0.1) is 0 Å². The van der Waals surface area contributed by atoms with Crippen molar-refractivity contribution in [3.05, 3.63) is 29.8 Å². The van der Waals surface area contributed by atoms with Crippen LogP contribution in [0.3, 0.4) is 0 Å². The van der Waals surface area contributed by atoms with Crippen LogP contribution in [-0.2, 0) is 0 Å². The second kappa shape index (κ2) is 6.64. The summed E-state index contributed by atoms with van der Waals surface area (Å²) in [5.74, 6) is 1.11. The van der Waals surface area contributed by atoms with Crippen molar-refractivity contribution in [2.45, 2.75) is 19.9 Å². The van der Waals surface area contributed by atoms with Gasteiger partial charge in [0.05, 0.1) is 7.11 Å². The van der Waals surface area contributed by atoms with Crippen molar-refractivity contribution >= 4 is 21.8 Å². The predicted octanol–water partition coefficient (Wildman–Crippen LogP) is 2.84. The molecule has 0 saturated heterocycles. The first kappa shape index (κ1) is 14.0. The van der Waals surface area contributed by atoms with Crippen molar-refractivity contribution < 1.29 is 9.53 Å². The Kier molecular flexibility index (Phi) is 5.48. The van der Waals surface area contributed by atoms with E-state index in [0.717, 1.165) is 11.1 Å². The fourth-order valence-electron chi connectivity index (χ4n) is 1.31. The van der Waals surface area contributed by atoms with Crippen LogP contribution in [0.15, 0.2) is 24.3 Å². The zero-order valence-electron chi connectivity index (χ0n) is 10.4. The number of carbonyl (C=O) groups is 1. The molecule has 1 amide bonds. The molecule has 4 heteroatoms. The molecule has 0 radical (unpaired) electrons. The maximum Gasteiger partial charge on any atom is 0.251 e. The number of halogens is 1. The third-order valence-electron chi connectivity index (χ3n) is 2.81. The summed E-state index contributed by atoms with van der Waals surface area (Å²) in [5.41, 5.74) is 0.652. The maximum absolute atomic E-state index is 11.9. The van der Waals surface area contributed by atoms with Crippen molar-refractivity contribution in [2.75, 3.05) is 12.4 Å². The predicted molar refractivity (Wildman–Crippen MR) is 72.9 cm³/mol. The summed E-state index contributed by atoms with van der Waals surface area (Å²) in [6.45, 7) is 4.10. The molecule has 0 aromatic heterocycles. The summed E-state index contributed by atoms with van der Waals surface area (Å²) in [5, 5.41) is 3.85. The Morgan fingerprint density at radius 1 is 1.35 bits per heavy atom. The van der Waals surface area contributed by atoms with Gasteiger partial charge in [0.1, 0.15) is 5.75 Å². The monoisotopic (exact) mass is 299 g/mol. The number of hydrogen-bond donors (Lipinski definition) is 1. The minimum absolute atomic E-state index is 0.0482. The lowest BCUT2D eigenvalue weighted by Gasteiger charge is -2.19. The second-order valence-corrected chi connectivity index (χ2v) is 4.77. The summed E-state index contributed by atoms with van der Waals surface area (Å²) < 4.78 is 5.05. The number of benzene rings is 1. The molecule has 1 aromatic carbocycles. The number of carbonyl (C=O) groups excluding carboxylic acids is 1. The molecular formula is C13H18BrNO2. The summed E-state index contributed by atoms with van der Waals surface area (Å²) in [6, 6.07) is 7.24. The molecule has 0 aliphatic carbocycles. The largest absolute Gasteiger partial charge is 0.497 e. The molecule has 0 fully saturated rings. The first-order valence-corrected chi connectivity index (χ1v) is 6.71. The van der Waals surface area contributed by atoms with Gasteiger partial charge >= 0.3 is 0 Å². The van der Waals surface area contributed by atoms with Crippen LogP contribution in [0.25, 0.3) is 0 Å². The third kappa shape index (κ3) is 4.04. The van der Waals surface area contributed by atoms with E-state index in [2.05, 4.69) is 28.2 Å². The van der Waals surface area contributed by atoms with Crippen LogP contribution >= 0.6 is 15.9 Å². The Hall–Kier alpha value is -1.03. The van der Waals surface area contributed by atoms with Gasteiger partial charge in [0.25, 0.3) is 5.91 Å². The van der Waals surface area contributed by atoms with Crippen molar-refractivity contribution in [1.29, 1.82) is 0 Å². The van der Waals surface area contributed by atoms with Crippen LogP contribution in [0.2, 0.25) is 0 Å². The van der Waals surface area contributed by atoms with E-state index < -0.39 is 0 Å². The number of nitrogens with one attached hydrogen (secondary N) is 1. The van der Waals surface area contributed by atoms with Gasteiger partial charge in [0.2, 0.25) is 0 Å². The van der Waals surface area contributed by atoms with E-state index in [-0.39, 0.29) is 11.9 Å². The van der Waals surface area contributed by atoms with E-state index in [4.69, 9.17) is 4.74 Å². The summed E-state index contributed by atoms with van der Waals surface area (Å²) in [7, 11) is 1.61. The van der Waals surface area contributed by atoms with Gasteiger partial charge in [-0.3, -0.25) is 4.79 Å². The Morgan fingerprint density at radius 2 is 1.94 bits per heavy atom. The highest BCUT2D eigenvalue weighted by molar-refractivity contribution is 9.09. The highest BCUT2D eigenvalue weighted by Crippen LogP contribution is 2.12. The van der Waals surface area contributed by atoms with Gasteiger partial charge in [0.15, 0.2) is 0 Å². The fraction of sp³-hybridized carbons (Fsp3) is 0.462. The summed E-state index contributed by atoms with van der Waals surface area (Å²) >= 11 is 3.41. The smallest absolute Gasteiger partial charge is 0.251 e. The number of ether oxygens (including phenoxy) is 1. The Balaban J connectivity index is 2.63. The zero-order valence-corrected chi connectivity index (χ0v) is 12.0. The number of amides is 1. The standard InChI is InChI=1S/C13H18BrNO2/c1-9(8-14)10(2)15-13(16)11-4-6-12(17-3)7-5-11/h4-7,9-10H,8H2,1-3H3,(H,15,16). The fourth-order valence-corrected chi connectivity index (χ4v) is 1.87. The Morgan fingerprint density at radius 3 is 2.41 bits per heavy atom. The van der Waals surface area contributed by atoms with Crippen molar-refractivity contribution in [2.24, 2.45) is 5.92 Å². The van der Waals surface area contributed by atoms with Crippen LogP contribution in [0.5, 0.6) is 5.75 Å². The van der Waals surface area contributed by atoms with Gasteiger partial charge in [-0.25, -0.2) is 0 Å². The molecule has 0 bridgehead atoms. The topological polar surface area (TPSA) is 38.3 Å². The molecule has 0 spiro atoms. The SMILES string of the molecule is COc1ccc(C(=O)NC(C)C(C)CBr)cc1. The Bertz CT molecular complexity index is 364. The van der Waals surface area contributed by atoms with Crippen LogP contribution in [0.4, 0.5) is 0 Å². The average molecular weight is 300 g/mol. The normalized spacial score (nSPS) is 13.9. The van der Waals surface area contributed by atoms with E-state index >= 15 is 0 Å². The van der Waals surface area contributed by atoms with Gasteiger partial charge < -0.3 is 10.1 Å². The maximum atomic E-state index is 11.9. The minimum Gasteiger partial charge on any atom is -0.497 e. The number of methoxy groups -OCH3 is 1. The van der Waals surface area contributed by atoms with Crippen LogP contribution in [-0.4, -0.2) is 24.4 Å². The van der Waals surface area contributed by atoms with Crippen molar-refractivity contribution in [3.63, 3.8) is 0 Å². The van der Waals surface area contributed by atoms with Crippen LogP contribution in [0.1, 0.15) is 24.2 Å². The number of hydrogen-bond acceptors (Lipinski definition) is 2. The molecule has 0 saturated carbocycles. The molecule has 1 N–H and O–H groups in total. The molecule has 1 rings (SSSR count). The van der Waals surface area contributed by atoms with E-state index in [1.54, 1.807) is 31.4 Å². The molecule has 0 aliphatic rings. The summed E-state index contributed by atoms with van der Waals surface area (Å²) in [4.78, 5) is 11.9. The van der Waals surface area contributed by atoms with Gasteiger partial charge in [-0.1, -0.05) is 22.9 Å². The van der Waals surface area contributed by atoms with Crippen molar-refractivity contribution in [3.8, 4) is 5.75 Å². The molecule has 17 heavy (non-hydrogen) atoms. The molecule has 1 aromatic rings. The quantitative estimate of drug-likeness (QED) is 0.849. The number of alkyl halides is 1. The Labute approximate surface area is 111 Å². The van der Waals surface area contributed by atoms with E-state index in [0.29, 0.717) is 11.5 Å². The zero-order chi connectivity index (χ0) is 12.8. The van der Waals surface area contributed by atoms with Crippen LogP contribution in [0, 0.1) is 5.92 Å². The first-order chi connectivity index (χ1) is 8.08.